The number of carbonyl (C=O) groups excluding carboxylic acids is 5. The van der Waals surface area contributed by atoms with Crippen molar-refractivity contribution in [1.29, 1.82) is 0 Å². The fraction of sp³-hybridized carbons (Fsp3) is 0.719. The summed E-state index contributed by atoms with van der Waals surface area (Å²) < 4.78 is 5.48. The number of carbonyl (C=O) groups is 5. The summed E-state index contributed by atoms with van der Waals surface area (Å²) in [7, 11) is 0. The molecule has 1 aliphatic heterocycles. The zero-order valence-electron chi connectivity index (χ0n) is 26.0. The minimum absolute atomic E-state index is 0.0944. The second-order valence-corrected chi connectivity index (χ2v) is 13.6. The third kappa shape index (κ3) is 8.22. The molecule has 10 nitrogen and oxygen atoms in total. The summed E-state index contributed by atoms with van der Waals surface area (Å²) in [5.74, 6) is -2.02. The summed E-state index contributed by atoms with van der Waals surface area (Å²) in [6, 6.07) is -2.71. The first-order valence-electron chi connectivity index (χ1n) is 15.4. The van der Waals surface area contributed by atoms with E-state index in [1.54, 1.807) is 31.7 Å². The van der Waals surface area contributed by atoms with E-state index in [0.717, 1.165) is 25.7 Å². The smallest absolute Gasteiger partial charge is 0.408 e. The second kappa shape index (κ2) is 13.9. The van der Waals surface area contributed by atoms with Crippen molar-refractivity contribution >= 4 is 29.6 Å². The van der Waals surface area contributed by atoms with E-state index in [2.05, 4.69) is 43.0 Å². The molecular weight excluding hydrogens is 536 g/mol. The fourth-order valence-corrected chi connectivity index (χ4v) is 6.66. The highest BCUT2D eigenvalue weighted by Crippen LogP contribution is 2.65. The molecule has 3 rings (SSSR count). The lowest BCUT2D eigenvalue weighted by molar-refractivity contribution is -0.144. The monoisotopic (exact) mass is 586 g/mol. The van der Waals surface area contributed by atoms with Crippen molar-refractivity contribution in [3.05, 3.63) is 25.3 Å². The maximum absolute atomic E-state index is 14.2. The van der Waals surface area contributed by atoms with Crippen LogP contribution in [0.3, 0.4) is 0 Å². The molecule has 5 atom stereocenters. The van der Waals surface area contributed by atoms with Crippen LogP contribution in [0.2, 0.25) is 0 Å². The van der Waals surface area contributed by atoms with Crippen molar-refractivity contribution in [2.45, 2.75) is 110 Å². The minimum Gasteiger partial charge on any atom is -0.444 e. The average Bonchev–Trinajstić information content (AvgIpc) is 3.23. The predicted molar refractivity (Wildman–Crippen MR) is 160 cm³/mol. The van der Waals surface area contributed by atoms with Crippen molar-refractivity contribution in [3.63, 3.8) is 0 Å². The van der Waals surface area contributed by atoms with Crippen LogP contribution in [-0.4, -0.2) is 71.3 Å². The van der Waals surface area contributed by atoms with Gasteiger partial charge in [0.1, 0.15) is 17.7 Å². The lowest BCUT2D eigenvalue weighted by Crippen LogP contribution is -2.58. The summed E-state index contributed by atoms with van der Waals surface area (Å²) in [6.07, 6.45) is 8.85. The first kappa shape index (κ1) is 33.3. The van der Waals surface area contributed by atoms with Crippen LogP contribution in [0.15, 0.2) is 25.3 Å². The van der Waals surface area contributed by atoms with Gasteiger partial charge < -0.3 is 25.6 Å². The van der Waals surface area contributed by atoms with E-state index in [4.69, 9.17) is 4.74 Å². The van der Waals surface area contributed by atoms with Gasteiger partial charge in [-0.25, -0.2) is 4.79 Å². The normalized spacial score (nSPS) is 24.4. The van der Waals surface area contributed by atoms with Gasteiger partial charge >= 0.3 is 6.09 Å². The van der Waals surface area contributed by atoms with E-state index in [1.165, 1.54) is 12.5 Å². The Labute approximate surface area is 250 Å². The van der Waals surface area contributed by atoms with Crippen molar-refractivity contribution in [2.24, 2.45) is 23.2 Å². The van der Waals surface area contributed by atoms with E-state index in [-0.39, 0.29) is 36.1 Å². The first-order valence-corrected chi connectivity index (χ1v) is 15.4. The minimum atomic E-state index is -1.06. The maximum Gasteiger partial charge on any atom is 0.408 e. The zero-order chi connectivity index (χ0) is 31.2. The number of fused-ring (bicyclic) bond motifs is 1. The van der Waals surface area contributed by atoms with Gasteiger partial charge in [0.25, 0.3) is 5.91 Å². The van der Waals surface area contributed by atoms with Crippen LogP contribution >= 0.6 is 0 Å². The van der Waals surface area contributed by atoms with Gasteiger partial charge in [-0.05, 0) is 63.2 Å². The second-order valence-electron chi connectivity index (χ2n) is 13.6. The molecule has 0 spiro atoms. The Balaban J connectivity index is 1.83. The third-order valence-electron chi connectivity index (χ3n) is 8.97. The Morgan fingerprint density at radius 1 is 1.00 bits per heavy atom. The Morgan fingerprint density at radius 3 is 2.26 bits per heavy atom. The van der Waals surface area contributed by atoms with Crippen LogP contribution in [0.1, 0.15) is 86.0 Å². The molecule has 3 aliphatic rings. The number of hydrogen-bond acceptors (Lipinski definition) is 6. The molecule has 4 amide bonds. The lowest BCUT2D eigenvalue weighted by Gasteiger charge is -2.35. The van der Waals surface area contributed by atoms with Gasteiger partial charge in [-0.3, -0.25) is 19.2 Å². The highest BCUT2D eigenvalue weighted by Gasteiger charge is 2.69. The Hall–Kier alpha value is -3.17. The Bertz CT molecular complexity index is 1060. The molecule has 0 aromatic carbocycles. The number of amides is 4. The molecule has 0 aromatic heterocycles. The molecule has 3 N–H and O–H groups in total. The van der Waals surface area contributed by atoms with Crippen LogP contribution in [0.4, 0.5) is 4.79 Å². The molecule has 2 saturated carbocycles. The maximum atomic E-state index is 14.2. The van der Waals surface area contributed by atoms with E-state index in [9.17, 15) is 24.0 Å². The number of nitrogens with zero attached hydrogens (tertiary/aromatic N) is 1. The number of likely N-dealkylation sites (tertiary alicyclic amines) is 1. The average molecular weight is 587 g/mol. The third-order valence-corrected chi connectivity index (χ3v) is 8.97. The van der Waals surface area contributed by atoms with Crippen LogP contribution < -0.4 is 16.0 Å². The molecule has 42 heavy (non-hydrogen) atoms. The van der Waals surface area contributed by atoms with Crippen LogP contribution in [-0.2, 0) is 23.9 Å². The number of ketones is 1. The van der Waals surface area contributed by atoms with Crippen molar-refractivity contribution in [3.8, 4) is 0 Å². The highest BCUT2D eigenvalue weighted by atomic mass is 16.6. The zero-order valence-corrected chi connectivity index (χ0v) is 26.0. The topological polar surface area (TPSA) is 134 Å². The molecule has 5 unspecified atom stereocenters. The Kier molecular flexibility index (Phi) is 11.0. The van der Waals surface area contributed by atoms with Gasteiger partial charge in [0.05, 0.1) is 6.04 Å². The van der Waals surface area contributed by atoms with E-state index in [1.807, 2.05) is 0 Å². The summed E-state index contributed by atoms with van der Waals surface area (Å²) in [4.78, 5) is 67.8. The van der Waals surface area contributed by atoms with Gasteiger partial charge in [0, 0.05) is 13.1 Å². The molecule has 3 fully saturated rings. The van der Waals surface area contributed by atoms with E-state index < -0.39 is 47.4 Å². The quantitative estimate of drug-likeness (QED) is 0.223. The standard InChI is InChI=1S/C32H50N4O6/c1-8-10-16-22(26(37)28(39)33-17-9-2)34-27(38)25-24-21(32(24,6)7)19-36(25)29(40)23(18-20-14-12-11-13-15-20)35-30(41)42-31(3,4)5/h8-9,20-25H,1-2,10-19H2,3-7H3,(H,33,39)(H,34,38)(H,35,41). The molecule has 0 radical (unpaired) electrons. The number of alkyl carbamates (subject to hydrolysis) is 1. The van der Waals surface area contributed by atoms with Gasteiger partial charge in [-0.1, -0.05) is 58.1 Å². The number of Topliss-reactive ketones (excluding diaryl/α,β-unsaturated/α-hetero) is 1. The molecule has 234 valence electrons. The largest absolute Gasteiger partial charge is 0.444 e. The Morgan fingerprint density at radius 2 is 1.67 bits per heavy atom. The van der Waals surface area contributed by atoms with Gasteiger partial charge in [-0.2, -0.15) is 0 Å². The van der Waals surface area contributed by atoms with Gasteiger partial charge in [0.2, 0.25) is 17.6 Å². The fourth-order valence-electron chi connectivity index (χ4n) is 6.66. The van der Waals surface area contributed by atoms with Crippen molar-refractivity contribution in [2.75, 3.05) is 13.1 Å². The summed E-state index contributed by atoms with van der Waals surface area (Å²) in [5, 5.41) is 8.09. The van der Waals surface area contributed by atoms with Crippen molar-refractivity contribution < 1.29 is 28.7 Å². The van der Waals surface area contributed by atoms with Gasteiger partial charge in [0.15, 0.2) is 0 Å². The summed E-state index contributed by atoms with van der Waals surface area (Å²) >= 11 is 0. The molecular formula is C32H50N4O6. The van der Waals surface area contributed by atoms with Crippen LogP contribution in [0.5, 0.6) is 0 Å². The first-order chi connectivity index (χ1) is 19.7. The number of ether oxygens (including phenoxy) is 1. The SMILES string of the molecule is C=CCCC(NC(=O)C1C2C(CN1C(=O)C(CC1CCCCC1)NC(=O)OC(C)(C)C)C2(C)C)C(=O)C(=O)NCC=C. The molecule has 1 saturated heterocycles. The van der Waals surface area contributed by atoms with E-state index >= 15 is 0 Å². The highest BCUT2D eigenvalue weighted by molar-refractivity contribution is 6.38. The number of nitrogens with one attached hydrogen (secondary N) is 3. The number of piperidine rings is 1. The molecule has 2 aliphatic carbocycles. The predicted octanol–water partition coefficient (Wildman–Crippen LogP) is 3.66. The number of allylic oxidation sites excluding steroid dienone is 1. The number of rotatable bonds is 13. The summed E-state index contributed by atoms with van der Waals surface area (Å²) in [6.45, 7) is 17.2. The van der Waals surface area contributed by atoms with Crippen molar-refractivity contribution in [1.82, 2.24) is 20.9 Å². The lowest BCUT2D eigenvalue weighted by atomic mass is 9.84. The van der Waals surface area contributed by atoms with Gasteiger partial charge in [-0.15, -0.1) is 13.2 Å². The number of hydrogen-bond donors (Lipinski definition) is 3. The molecule has 0 bridgehead atoms. The summed E-state index contributed by atoms with van der Waals surface area (Å²) in [5.41, 5.74) is -0.882. The molecule has 1 heterocycles. The van der Waals surface area contributed by atoms with Crippen LogP contribution in [0, 0.1) is 23.2 Å². The van der Waals surface area contributed by atoms with Crippen LogP contribution in [0.25, 0.3) is 0 Å². The molecule has 0 aromatic rings. The molecule has 10 heteroatoms. The van der Waals surface area contributed by atoms with E-state index in [0.29, 0.717) is 25.3 Å².